The third-order valence-corrected chi connectivity index (χ3v) is 1.37. The monoisotopic (exact) mass is 183 g/mol. The Morgan fingerprint density at radius 1 is 1.77 bits per heavy atom. The number of aromatic nitrogens is 1. The maximum Gasteiger partial charge on any atom is 0.206 e. The number of hydrogen-bond acceptors (Lipinski definition) is 4. The largest absolute Gasteiger partial charge is 0.364 e. The summed E-state index contributed by atoms with van der Waals surface area (Å²) in [5, 5.41) is 6.65. The predicted molar refractivity (Wildman–Crippen MR) is 48.6 cm³/mol. The van der Waals surface area contributed by atoms with E-state index in [0.29, 0.717) is 12.5 Å². The van der Waals surface area contributed by atoms with E-state index >= 15 is 0 Å². The first kappa shape index (κ1) is 9.53. The van der Waals surface area contributed by atoms with E-state index in [1.165, 1.54) is 6.26 Å². The number of nitrogens with one attached hydrogen (secondary N) is 2. The fraction of sp³-hybridized carbons (Fsp3) is 0.429. The van der Waals surface area contributed by atoms with E-state index in [4.69, 9.17) is 5.84 Å². The zero-order chi connectivity index (χ0) is 9.52. The average molecular weight is 183 g/mol. The molecule has 13 heavy (non-hydrogen) atoms. The number of nitrogens with two attached hydrogens (primary N) is 1. The third-order valence-electron chi connectivity index (χ3n) is 1.37. The fourth-order valence-corrected chi connectivity index (χ4v) is 0.799. The molecule has 72 valence electrons. The van der Waals surface area contributed by atoms with Gasteiger partial charge in [0.15, 0.2) is 0 Å². The third kappa shape index (κ3) is 3.12. The van der Waals surface area contributed by atoms with Crippen molar-refractivity contribution >= 4 is 5.96 Å². The molecule has 0 aliphatic heterocycles. The normalized spacial score (nSPS) is 11.4. The molecule has 4 N–H and O–H groups in total. The molecule has 0 aliphatic rings. The molecule has 6 nitrogen and oxygen atoms in total. The Morgan fingerprint density at radius 2 is 2.62 bits per heavy atom. The molecule has 0 aliphatic carbocycles. The lowest BCUT2D eigenvalue weighted by Gasteiger charge is -2.04. The van der Waals surface area contributed by atoms with E-state index in [-0.39, 0.29) is 0 Å². The molecule has 0 saturated carbocycles. The molecule has 0 fully saturated rings. The summed E-state index contributed by atoms with van der Waals surface area (Å²) in [7, 11) is 0. The molecule has 1 aromatic heterocycles. The molecular formula is C7H13N5O. The number of aliphatic imine (C=N–C) groups is 1. The van der Waals surface area contributed by atoms with E-state index in [9.17, 15) is 0 Å². The fourth-order valence-electron chi connectivity index (χ4n) is 0.799. The Labute approximate surface area is 76.2 Å². The zero-order valence-electron chi connectivity index (χ0n) is 7.45. The molecule has 0 unspecified atom stereocenters. The first-order chi connectivity index (χ1) is 6.36. The standard InChI is InChI=1S/C7H13N5O/c1-2-9-7(11-8)10-5-6-3-4-13-12-6/h3-4H,2,5,8H2,1H3,(H2,9,10,11). The van der Waals surface area contributed by atoms with Crippen LogP contribution in [0.4, 0.5) is 0 Å². The summed E-state index contributed by atoms with van der Waals surface area (Å²) in [6.07, 6.45) is 1.51. The Hall–Kier alpha value is -1.56. The van der Waals surface area contributed by atoms with Crippen molar-refractivity contribution in [2.24, 2.45) is 10.8 Å². The van der Waals surface area contributed by atoms with Crippen molar-refractivity contribution in [3.63, 3.8) is 0 Å². The minimum atomic E-state index is 0.447. The van der Waals surface area contributed by atoms with E-state index in [1.807, 2.05) is 6.92 Å². The van der Waals surface area contributed by atoms with Crippen LogP contribution < -0.4 is 16.6 Å². The number of hydrogen-bond donors (Lipinski definition) is 3. The summed E-state index contributed by atoms with van der Waals surface area (Å²) in [6.45, 7) is 3.17. The molecule has 0 bridgehead atoms. The smallest absolute Gasteiger partial charge is 0.206 e. The Morgan fingerprint density at radius 3 is 3.15 bits per heavy atom. The predicted octanol–water partition coefficient (Wildman–Crippen LogP) is -0.397. The second-order valence-corrected chi connectivity index (χ2v) is 2.33. The van der Waals surface area contributed by atoms with E-state index in [1.54, 1.807) is 6.07 Å². The van der Waals surface area contributed by atoms with Crippen LogP contribution in [0.15, 0.2) is 21.8 Å². The number of nitrogens with zero attached hydrogens (tertiary/aromatic N) is 2. The number of rotatable bonds is 3. The molecule has 1 rings (SSSR count). The van der Waals surface area contributed by atoms with Crippen molar-refractivity contribution < 1.29 is 4.52 Å². The molecule has 1 heterocycles. The second kappa shape index (κ2) is 5.15. The SMILES string of the molecule is CCNC(=NCc1ccon1)NN. The van der Waals surface area contributed by atoms with E-state index in [0.717, 1.165) is 12.2 Å². The molecule has 0 amide bonds. The number of guanidine groups is 1. The lowest BCUT2D eigenvalue weighted by Crippen LogP contribution is -2.41. The van der Waals surface area contributed by atoms with Gasteiger partial charge in [-0.15, -0.1) is 0 Å². The van der Waals surface area contributed by atoms with Crippen molar-refractivity contribution in [2.75, 3.05) is 6.54 Å². The first-order valence-corrected chi connectivity index (χ1v) is 4.01. The summed E-state index contributed by atoms with van der Waals surface area (Å²) in [5.74, 6) is 5.76. The first-order valence-electron chi connectivity index (χ1n) is 4.01. The van der Waals surface area contributed by atoms with E-state index < -0.39 is 0 Å². The average Bonchev–Trinajstić information content (AvgIpc) is 2.64. The van der Waals surface area contributed by atoms with E-state index in [2.05, 4.69) is 25.4 Å². The Bertz CT molecular complexity index is 256. The van der Waals surface area contributed by atoms with Crippen molar-refractivity contribution in [3.8, 4) is 0 Å². The van der Waals surface area contributed by atoms with Gasteiger partial charge >= 0.3 is 0 Å². The maximum atomic E-state index is 5.21. The zero-order valence-corrected chi connectivity index (χ0v) is 7.45. The Kier molecular flexibility index (Phi) is 3.77. The van der Waals surface area contributed by atoms with Gasteiger partial charge in [-0.05, 0) is 6.92 Å². The van der Waals surface area contributed by atoms with Gasteiger partial charge in [0.05, 0.1) is 6.54 Å². The number of hydrazine groups is 1. The highest BCUT2D eigenvalue weighted by Gasteiger charge is 1.96. The highest BCUT2D eigenvalue weighted by Crippen LogP contribution is 1.95. The molecule has 0 saturated heterocycles. The molecule has 1 aromatic rings. The summed E-state index contributed by atoms with van der Waals surface area (Å²) in [5.41, 5.74) is 3.22. The minimum absolute atomic E-state index is 0.447. The van der Waals surface area contributed by atoms with Crippen LogP contribution in [0.25, 0.3) is 0 Å². The van der Waals surface area contributed by atoms with Crippen LogP contribution in [0.3, 0.4) is 0 Å². The molecule has 0 atom stereocenters. The summed E-state index contributed by atoms with van der Waals surface area (Å²) in [4.78, 5) is 4.12. The highest BCUT2D eigenvalue weighted by atomic mass is 16.5. The van der Waals surface area contributed by atoms with Gasteiger partial charge in [-0.1, -0.05) is 5.16 Å². The van der Waals surface area contributed by atoms with Gasteiger partial charge in [-0.25, -0.2) is 10.8 Å². The molecule has 6 heteroatoms. The van der Waals surface area contributed by atoms with Crippen LogP contribution >= 0.6 is 0 Å². The molecule has 0 aromatic carbocycles. The van der Waals surface area contributed by atoms with Crippen molar-refractivity contribution in [1.29, 1.82) is 0 Å². The molecule has 0 spiro atoms. The van der Waals surface area contributed by atoms with Crippen LogP contribution in [0.5, 0.6) is 0 Å². The van der Waals surface area contributed by atoms with Crippen LogP contribution in [0, 0.1) is 0 Å². The quantitative estimate of drug-likeness (QED) is 0.257. The van der Waals surface area contributed by atoms with Crippen molar-refractivity contribution in [2.45, 2.75) is 13.5 Å². The maximum absolute atomic E-state index is 5.21. The van der Waals surface area contributed by atoms with Gasteiger partial charge in [-0.2, -0.15) is 0 Å². The van der Waals surface area contributed by atoms with Gasteiger partial charge < -0.3 is 9.84 Å². The Balaban J connectivity index is 2.45. The van der Waals surface area contributed by atoms with Crippen LogP contribution in [0.2, 0.25) is 0 Å². The second-order valence-electron chi connectivity index (χ2n) is 2.33. The van der Waals surface area contributed by atoms with Gasteiger partial charge in [0, 0.05) is 12.6 Å². The van der Waals surface area contributed by atoms with Crippen molar-refractivity contribution in [1.82, 2.24) is 15.9 Å². The highest BCUT2D eigenvalue weighted by molar-refractivity contribution is 5.78. The van der Waals surface area contributed by atoms with Crippen LogP contribution in [-0.4, -0.2) is 17.7 Å². The molecular weight excluding hydrogens is 170 g/mol. The van der Waals surface area contributed by atoms with Gasteiger partial charge in [0.2, 0.25) is 5.96 Å². The van der Waals surface area contributed by atoms with Crippen LogP contribution in [0.1, 0.15) is 12.6 Å². The lowest BCUT2D eigenvalue weighted by atomic mass is 10.4. The molecule has 0 radical (unpaired) electrons. The summed E-state index contributed by atoms with van der Waals surface area (Å²) >= 11 is 0. The van der Waals surface area contributed by atoms with Gasteiger partial charge in [-0.3, -0.25) is 5.43 Å². The van der Waals surface area contributed by atoms with Crippen LogP contribution in [-0.2, 0) is 6.54 Å². The summed E-state index contributed by atoms with van der Waals surface area (Å²) < 4.78 is 4.65. The van der Waals surface area contributed by atoms with Gasteiger partial charge in [0.1, 0.15) is 12.0 Å². The van der Waals surface area contributed by atoms with Crippen molar-refractivity contribution in [3.05, 3.63) is 18.0 Å². The minimum Gasteiger partial charge on any atom is -0.364 e. The topological polar surface area (TPSA) is 88.5 Å². The summed E-state index contributed by atoms with van der Waals surface area (Å²) in [6, 6.07) is 1.75. The van der Waals surface area contributed by atoms with Gasteiger partial charge in [0.25, 0.3) is 0 Å². The lowest BCUT2D eigenvalue weighted by molar-refractivity contribution is 0.412.